The number of nitrogens with one attached hydrogen (secondary N) is 1. The third kappa shape index (κ3) is 2.76. The highest BCUT2D eigenvalue weighted by Crippen LogP contribution is 2.20. The van der Waals surface area contributed by atoms with Gasteiger partial charge in [-0.2, -0.15) is 0 Å². The van der Waals surface area contributed by atoms with Gasteiger partial charge in [0.15, 0.2) is 0 Å². The van der Waals surface area contributed by atoms with E-state index in [1.807, 2.05) is 18.2 Å². The first kappa shape index (κ1) is 10.1. The van der Waals surface area contributed by atoms with Gasteiger partial charge in [0.05, 0.1) is 10.2 Å². The lowest BCUT2D eigenvalue weighted by molar-refractivity contribution is 1.12. The van der Waals surface area contributed by atoms with Gasteiger partial charge in [0.1, 0.15) is 0 Å². The Hall–Kier alpha value is -1.42. The Labute approximate surface area is 96.7 Å². The molecule has 2 aromatic heterocycles. The van der Waals surface area contributed by atoms with Crippen LogP contribution in [0.2, 0.25) is 0 Å². The summed E-state index contributed by atoms with van der Waals surface area (Å²) < 4.78 is 0.971. The fourth-order valence-corrected chi connectivity index (χ4v) is 1.61. The number of hydrogen-bond acceptors (Lipinski definition) is 3. The standard InChI is InChI=1S/C11H10BrN3/c12-10-8-14-6-3-11(10)15-7-9-1-4-13-5-2-9/h1-6,8H,7H2,(H,14,15). The van der Waals surface area contributed by atoms with Crippen molar-refractivity contribution in [2.24, 2.45) is 0 Å². The maximum Gasteiger partial charge on any atom is 0.0590 e. The minimum atomic E-state index is 0.783. The molecular formula is C11H10BrN3. The molecule has 0 saturated heterocycles. The van der Waals surface area contributed by atoms with Crippen LogP contribution in [0, 0.1) is 0 Å². The van der Waals surface area contributed by atoms with Gasteiger partial charge in [0.25, 0.3) is 0 Å². The van der Waals surface area contributed by atoms with Crippen molar-refractivity contribution < 1.29 is 0 Å². The summed E-state index contributed by atoms with van der Waals surface area (Å²) >= 11 is 3.43. The highest BCUT2D eigenvalue weighted by Gasteiger charge is 1.97. The molecule has 2 rings (SSSR count). The molecule has 1 N–H and O–H groups in total. The van der Waals surface area contributed by atoms with Gasteiger partial charge in [-0.15, -0.1) is 0 Å². The number of nitrogens with zero attached hydrogens (tertiary/aromatic N) is 2. The zero-order valence-electron chi connectivity index (χ0n) is 8.02. The minimum absolute atomic E-state index is 0.783. The molecule has 0 saturated carbocycles. The summed E-state index contributed by atoms with van der Waals surface area (Å²) in [5.41, 5.74) is 2.25. The van der Waals surface area contributed by atoms with Crippen LogP contribution >= 0.6 is 15.9 Å². The average molecular weight is 264 g/mol. The number of hydrogen-bond donors (Lipinski definition) is 1. The topological polar surface area (TPSA) is 37.8 Å². The Morgan fingerprint density at radius 2 is 1.80 bits per heavy atom. The lowest BCUT2D eigenvalue weighted by Crippen LogP contribution is -2.00. The SMILES string of the molecule is Brc1cnccc1NCc1ccncc1. The van der Waals surface area contributed by atoms with E-state index in [4.69, 9.17) is 0 Å². The number of rotatable bonds is 3. The number of pyridine rings is 2. The van der Waals surface area contributed by atoms with Crippen molar-refractivity contribution in [3.05, 3.63) is 53.0 Å². The lowest BCUT2D eigenvalue weighted by atomic mass is 10.2. The summed E-state index contributed by atoms with van der Waals surface area (Å²) in [5, 5.41) is 3.31. The molecule has 0 spiro atoms. The highest BCUT2D eigenvalue weighted by molar-refractivity contribution is 9.10. The Morgan fingerprint density at radius 1 is 1.07 bits per heavy atom. The van der Waals surface area contributed by atoms with Crippen LogP contribution in [0.15, 0.2) is 47.5 Å². The molecular weight excluding hydrogens is 254 g/mol. The Bertz CT molecular complexity index is 431. The Morgan fingerprint density at radius 3 is 2.53 bits per heavy atom. The first-order chi connectivity index (χ1) is 7.36. The molecule has 0 amide bonds. The molecule has 2 heterocycles. The second-order valence-electron chi connectivity index (χ2n) is 3.06. The summed E-state index contributed by atoms with van der Waals surface area (Å²) in [5.74, 6) is 0. The van der Waals surface area contributed by atoms with E-state index in [1.165, 1.54) is 5.56 Å². The lowest BCUT2D eigenvalue weighted by Gasteiger charge is -2.07. The van der Waals surface area contributed by atoms with E-state index in [-0.39, 0.29) is 0 Å². The molecule has 3 nitrogen and oxygen atoms in total. The molecule has 4 heteroatoms. The van der Waals surface area contributed by atoms with Crippen molar-refractivity contribution >= 4 is 21.6 Å². The quantitative estimate of drug-likeness (QED) is 0.926. The van der Waals surface area contributed by atoms with Crippen LogP contribution < -0.4 is 5.32 Å². The monoisotopic (exact) mass is 263 g/mol. The van der Waals surface area contributed by atoms with Crippen LogP contribution in [-0.4, -0.2) is 9.97 Å². The molecule has 0 aliphatic heterocycles. The number of aromatic nitrogens is 2. The molecule has 0 fully saturated rings. The van der Waals surface area contributed by atoms with E-state index in [2.05, 4.69) is 31.2 Å². The van der Waals surface area contributed by atoms with Gasteiger partial charge in [0.2, 0.25) is 0 Å². The van der Waals surface area contributed by atoms with Crippen LogP contribution in [0.1, 0.15) is 5.56 Å². The smallest absolute Gasteiger partial charge is 0.0590 e. The van der Waals surface area contributed by atoms with Crippen LogP contribution in [0.3, 0.4) is 0 Å². The van der Waals surface area contributed by atoms with Gasteiger partial charge < -0.3 is 5.32 Å². The maximum atomic E-state index is 4.00. The van der Waals surface area contributed by atoms with Gasteiger partial charge in [-0.05, 0) is 39.7 Å². The van der Waals surface area contributed by atoms with Crippen LogP contribution in [0.4, 0.5) is 5.69 Å². The number of anilines is 1. The van der Waals surface area contributed by atoms with E-state index in [0.717, 1.165) is 16.7 Å². The molecule has 0 atom stereocenters. The molecule has 0 radical (unpaired) electrons. The van der Waals surface area contributed by atoms with Crippen molar-refractivity contribution in [2.45, 2.75) is 6.54 Å². The van der Waals surface area contributed by atoms with Gasteiger partial charge in [-0.25, -0.2) is 0 Å². The maximum absolute atomic E-state index is 4.00. The predicted octanol–water partition coefficient (Wildman–Crippen LogP) is 2.85. The highest BCUT2D eigenvalue weighted by atomic mass is 79.9. The molecule has 0 aliphatic rings. The number of halogens is 1. The van der Waals surface area contributed by atoms with E-state index >= 15 is 0 Å². The zero-order valence-corrected chi connectivity index (χ0v) is 9.61. The van der Waals surface area contributed by atoms with Crippen molar-refractivity contribution in [1.29, 1.82) is 0 Å². The molecule has 76 valence electrons. The van der Waals surface area contributed by atoms with Crippen LogP contribution in [0.5, 0.6) is 0 Å². The second-order valence-corrected chi connectivity index (χ2v) is 3.92. The predicted molar refractivity (Wildman–Crippen MR) is 63.5 cm³/mol. The molecule has 0 unspecified atom stereocenters. The van der Waals surface area contributed by atoms with E-state index < -0.39 is 0 Å². The minimum Gasteiger partial charge on any atom is -0.380 e. The van der Waals surface area contributed by atoms with E-state index in [0.29, 0.717) is 0 Å². The summed E-state index contributed by atoms with van der Waals surface area (Å²) in [6, 6.07) is 5.91. The van der Waals surface area contributed by atoms with Gasteiger partial charge in [-0.3, -0.25) is 9.97 Å². The molecule has 0 aliphatic carbocycles. The normalized spacial score (nSPS) is 9.93. The Kier molecular flexibility index (Phi) is 3.29. The van der Waals surface area contributed by atoms with Crippen molar-refractivity contribution in [1.82, 2.24) is 9.97 Å². The average Bonchev–Trinajstić information content (AvgIpc) is 2.29. The molecule has 2 aromatic rings. The van der Waals surface area contributed by atoms with E-state index in [1.54, 1.807) is 24.8 Å². The summed E-state index contributed by atoms with van der Waals surface area (Å²) in [6.45, 7) is 0.783. The second kappa shape index (κ2) is 4.89. The van der Waals surface area contributed by atoms with Crippen LogP contribution in [0.25, 0.3) is 0 Å². The van der Waals surface area contributed by atoms with Crippen LogP contribution in [-0.2, 0) is 6.54 Å². The third-order valence-corrected chi connectivity index (χ3v) is 2.64. The first-order valence-electron chi connectivity index (χ1n) is 4.58. The van der Waals surface area contributed by atoms with Gasteiger partial charge in [-0.1, -0.05) is 0 Å². The Balaban J connectivity index is 2.03. The van der Waals surface area contributed by atoms with E-state index in [9.17, 15) is 0 Å². The summed E-state index contributed by atoms with van der Waals surface area (Å²) in [6.07, 6.45) is 7.12. The zero-order chi connectivity index (χ0) is 10.5. The van der Waals surface area contributed by atoms with Crippen molar-refractivity contribution in [3.63, 3.8) is 0 Å². The largest absolute Gasteiger partial charge is 0.380 e. The molecule has 0 bridgehead atoms. The van der Waals surface area contributed by atoms with Crippen molar-refractivity contribution in [3.8, 4) is 0 Å². The molecule has 15 heavy (non-hydrogen) atoms. The van der Waals surface area contributed by atoms with Gasteiger partial charge in [0, 0.05) is 31.3 Å². The van der Waals surface area contributed by atoms with Gasteiger partial charge >= 0.3 is 0 Å². The van der Waals surface area contributed by atoms with Crippen molar-refractivity contribution in [2.75, 3.05) is 5.32 Å². The fraction of sp³-hybridized carbons (Fsp3) is 0.0909. The molecule has 0 aromatic carbocycles. The summed E-state index contributed by atoms with van der Waals surface area (Å²) in [4.78, 5) is 7.97. The summed E-state index contributed by atoms with van der Waals surface area (Å²) in [7, 11) is 0. The first-order valence-corrected chi connectivity index (χ1v) is 5.38. The third-order valence-electron chi connectivity index (χ3n) is 2.00. The fourth-order valence-electron chi connectivity index (χ4n) is 1.22.